The van der Waals surface area contributed by atoms with Gasteiger partial charge in [-0.1, -0.05) is 64.3 Å². The summed E-state index contributed by atoms with van der Waals surface area (Å²) in [5.41, 5.74) is 2.98. The Hall–Kier alpha value is -0.820. The Morgan fingerprint density at radius 1 is 1.05 bits per heavy atom. The largest absolute Gasteiger partial charge is 0.314 e. The van der Waals surface area contributed by atoms with Gasteiger partial charge >= 0.3 is 0 Å². The zero-order valence-corrected chi connectivity index (χ0v) is 14.2. The standard InChI is InChI=1S/C20H33N/c1-4-14-21-20-9-7-5-6-8-19(20)15-17-10-12-18(13-11-17)16(2)3/h10-13,16,19-21H,4-9,14-15H2,1-3H3. The van der Waals surface area contributed by atoms with Crippen molar-refractivity contribution in [1.29, 1.82) is 0 Å². The molecule has 1 N–H and O–H groups in total. The maximum absolute atomic E-state index is 3.81. The summed E-state index contributed by atoms with van der Waals surface area (Å²) in [5, 5.41) is 3.81. The number of rotatable bonds is 6. The van der Waals surface area contributed by atoms with Gasteiger partial charge < -0.3 is 5.32 Å². The second-order valence-corrected chi connectivity index (χ2v) is 7.06. The van der Waals surface area contributed by atoms with Crippen LogP contribution in [0.15, 0.2) is 24.3 Å². The molecule has 118 valence electrons. The highest BCUT2D eigenvalue weighted by Crippen LogP contribution is 2.27. The highest BCUT2D eigenvalue weighted by molar-refractivity contribution is 5.25. The molecule has 0 aromatic heterocycles. The molecule has 0 amide bonds. The van der Waals surface area contributed by atoms with Crippen molar-refractivity contribution in [3.63, 3.8) is 0 Å². The van der Waals surface area contributed by atoms with Crippen LogP contribution in [-0.4, -0.2) is 12.6 Å². The summed E-state index contributed by atoms with van der Waals surface area (Å²) < 4.78 is 0. The van der Waals surface area contributed by atoms with E-state index in [0.29, 0.717) is 5.92 Å². The molecular formula is C20H33N. The van der Waals surface area contributed by atoms with Crippen LogP contribution >= 0.6 is 0 Å². The van der Waals surface area contributed by atoms with Gasteiger partial charge in [-0.25, -0.2) is 0 Å². The van der Waals surface area contributed by atoms with Gasteiger partial charge in [-0.2, -0.15) is 0 Å². The molecule has 1 aromatic rings. The first-order valence-electron chi connectivity index (χ1n) is 9.03. The maximum Gasteiger partial charge on any atom is 0.00984 e. The first kappa shape index (κ1) is 16.5. The highest BCUT2D eigenvalue weighted by Gasteiger charge is 2.23. The lowest BCUT2D eigenvalue weighted by Crippen LogP contribution is -2.37. The summed E-state index contributed by atoms with van der Waals surface area (Å²) in [5.74, 6) is 1.46. The second-order valence-electron chi connectivity index (χ2n) is 7.06. The number of hydrogen-bond donors (Lipinski definition) is 1. The Labute approximate surface area is 131 Å². The van der Waals surface area contributed by atoms with Gasteiger partial charge in [-0.05, 0) is 55.2 Å². The molecule has 0 bridgehead atoms. The van der Waals surface area contributed by atoms with Crippen molar-refractivity contribution in [1.82, 2.24) is 5.32 Å². The van der Waals surface area contributed by atoms with Crippen LogP contribution in [0.5, 0.6) is 0 Å². The molecule has 2 rings (SSSR count). The summed E-state index contributed by atoms with van der Waals surface area (Å²) >= 11 is 0. The number of hydrogen-bond acceptors (Lipinski definition) is 1. The fourth-order valence-electron chi connectivity index (χ4n) is 3.57. The fraction of sp³-hybridized carbons (Fsp3) is 0.700. The molecule has 1 nitrogen and oxygen atoms in total. The summed E-state index contributed by atoms with van der Waals surface area (Å²) in [7, 11) is 0. The van der Waals surface area contributed by atoms with Crippen molar-refractivity contribution in [3.05, 3.63) is 35.4 Å². The summed E-state index contributed by atoms with van der Waals surface area (Å²) in [6.07, 6.45) is 9.50. The van der Waals surface area contributed by atoms with Gasteiger partial charge in [0.2, 0.25) is 0 Å². The molecule has 0 saturated heterocycles. The molecular weight excluding hydrogens is 254 g/mol. The Morgan fingerprint density at radius 2 is 1.76 bits per heavy atom. The Balaban J connectivity index is 1.99. The summed E-state index contributed by atoms with van der Waals surface area (Å²) in [4.78, 5) is 0. The molecule has 1 aromatic carbocycles. The van der Waals surface area contributed by atoms with E-state index in [1.165, 1.54) is 62.6 Å². The molecule has 0 spiro atoms. The van der Waals surface area contributed by atoms with Crippen molar-refractivity contribution in [2.75, 3.05) is 6.54 Å². The molecule has 2 atom stereocenters. The molecule has 0 heterocycles. The molecule has 1 aliphatic rings. The second kappa shape index (κ2) is 8.58. The monoisotopic (exact) mass is 287 g/mol. The lowest BCUT2D eigenvalue weighted by Gasteiger charge is -2.26. The number of benzene rings is 1. The SMILES string of the molecule is CCCNC1CCCCCC1Cc1ccc(C(C)C)cc1. The Kier molecular flexibility index (Phi) is 6.76. The minimum atomic E-state index is 0.635. The zero-order valence-electron chi connectivity index (χ0n) is 14.2. The van der Waals surface area contributed by atoms with Crippen LogP contribution in [0.3, 0.4) is 0 Å². The highest BCUT2D eigenvalue weighted by atomic mass is 14.9. The van der Waals surface area contributed by atoms with Crippen LogP contribution in [0.25, 0.3) is 0 Å². The zero-order chi connectivity index (χ0) is 15.1. The van der Waals surface area contributed by atoms with E-state index in [-0.39, 0.29) is 0 Å². The first-order valence-corrected chi connectivity index (χ1v) is 9.03. The van der Waals surface area contributed by atoms with Gasteiger partial charge in [0.05, 0.1) is 0 Å². The third-order valence-electron chi connectivity index (χ3n) is 4.96. The van der Waals surface area contributed by atoms with E-state index >= 15 is 0 Å². The Morgan fingerprint density at radius 3 is 2.43 bits per heavy atom. The van der Waals surface area contributed by atoms with Crippen molar-refractivity contribution in [3.8, 4) is 0 Å². The van der Waals surface area contributed by atoms with Gasteiger partial charge in [0.15, 0.2) is 0 Å². The van der Waals surface area contributed by atoms with E-state index in [0.717, 1.165) is 12.0 Å². The van der Waals surface area contributed by atoms with E-state index in [1.807, 2.05) is 0 Å². The van der Waals surface area contributed by atoms with E-state index in [4.69, 9.17) is 0 Å². The van der Waals surface area contributed by atoms with Gasteiger partial charge in [0.25, 0.3) is 0 Å². The lowest BCUT2D eigenvalue weighted by atomic mass is 9.87. The van der Waals surface area contributed by atoms with E-state index < -0.39 is 0 Å². The van der Waals surface area contributed by atoms with Gasteiger partial charge in [0, 0.05) is 6.04 Å². The maximum atomic E-state index is 3.81. The summed E-state index contributed by atoms with van der Waals surface area (Å²) in [6, 6.07) is 10.1. The minimum absolute atomic E-state index is 0.635. The normalized spacial score (nSPS) is 23.2. The van der Waals surface area contributed by atoms with E-state index in [9.17, 15) is 0 Å². The topological polar surface area (TPSA) is 12.0 Å². The molecule has 0 aliphatic heterocycles. The van der Waals surface area contributed by atoms with Crippen LogP contribution in [0, 0.1) is 5.92 Å². The van der Waals surface area contributed by atoms with Crippen LogP contribution in [0.1, 0.15) is 76.3 Å². The first-order chi connectivity index (χ1) is 10.2. The van der Waals surface area contributed by atoms with Crippen LogP contribution in [0.2, 0.25) is 0 Å². The lowest BCUT2D eigenvalue weighted by molar-refractivity contribution is 0.332. The van der Waals surface area contributed by atoms with Crippen molar-refractivity contribution in [2.24, 2.45) is 5.92 Å². The van der Waals surface area contributed by atoms with Gasteiger partial charge in [-0.3, -0.25) is 0 Å². The van der Waals surface area contributed by atoms with E-state index in [2.05, 4.69) is 50.4 Å². The predicted octanol–water partition coefficient (Wildman–Crippen LogP) is 5.30. The summed E-state index contributed by atoms with van der Waals surface area (Å²) in [6.45, 7) is 7.98. The van der Waals surface area contributed by atoms with Crippen molar-refractivity contribution in [2.45, 2.75) is 77.7 Å². The van der Waals surface area contributed by atoms with Crippen molar-refractivity contribution < 1.29 is 0 Å². The van der Waals surface area contributed by atoms with Gasteiger partial charge in [0.1, 0.15) is 0 Å². The fourth-order valence-corrected chi connectivity index (χ4v) is 3.57. The molecule has 1 fully saturated rings. The molecule has 1 heteroatoms. The molecule has 0 radical (unpaired) electrons. The van der Waals surface area contributed by atoms with Crippen LogP contribution < -0.4 is 5.32 Å². The predicted molar refractivity (Wildman–Crippen MR) is 92.9 cm³/mol. The van der Waals surface area contributed by atoms with Crippen LogP contribution in [-0.2, 0) is 6.42 Å². The van der Waals surface area contributed by atoms with Crippen molar-refractivity contribution >= 4 is 0 Å². The molecule has 1 saturated carbocycles. The minimum Gasteiger partial charge on any atom is -0.314 e. The third kappa shape index (κ3) is 5.14. The molecule has 21 heavy (non-hydrogen) atoms. The Bertz CT molecular complexity index is 393. The molecule has 1 aliphatic carbocycles. The van der Waals surface area contributed by atoms with Crippen LogP contribution in [0.4, 0.5) is 0 Å². The number of nitrogens with one attached hydrogen (secondary N) is 1. The third-order valence-corrected chi connectivity index (χ3v) is 4.96. The molecule has 2 unspecified atom stereocenters. The smallest absolute Gasteiger partial charge is 0.00984 e. The van der Waals surface area contributed by atoms with E-state index in [1.54, 1.807) is 0 Å². The average molecular weight is 287 g/mol. The average Bonchev–Trinajstić information content (AvgIpc) is 2.71. The van der Waals surface area contributed by atoms with Gasteiger partial charge in [-0.15, -0.1) is 0 Å². The quantitative estimate of drug-likeness (QED) is 0.700.